The molecule has 0 aliphatic heterocycles. The van der Waals surface area contributed by atoms with Gasteiger partial charge in [0.05, 0.1) is 13.2 Å². The molecule has 0 aliphatic carbocycles. The highest BCUT2D eigenvalue weighted by Gasteiger charge is 1.94. The molecule has 0 saturated heterocycles. The van der Waals surface area contributed by atoms with E-state index in [4.69, 9.17) is 9.84 Å². The van der Waals surface area contributed by atoms with Crippen molar-refractivity contribution in [3.05, 3.63) is 35.4 Å². The van der Waals surface area contributed by atoms with Crippen molar-refractivity contribution in [3.63, 3.8) is 0 Å². The van der Waals surface area contributed by atoms with Crippen molar-refractivity contribution < 1.29 is 9.84 Å². The molecule has 2 nitrogen and oxygen atoms in total. The lowest BCUT2D eigenvalue weighted by atomic mass is 10.1. The normalized spacial score (nSPS) is 10.1. The predicted octanol–water partition coefficient (Wildman–Crippen LogP) is 3.91. The molecule has 0 atom stereocenters. The van der Waals surface area contributed by atoms with Gasteiger partial charge < -0.3 is 9.84 Å². The second-order valence-corrected chi connectivity index (χ2v) is 4.94. The Hall–Kier alpha value is -1.30. The molecule has 0 saturated carbocycles. The van der Waals surface area contributed by atoms with Crippen LogP contribution < -0.4 is 0 Å². The molecule has 0 bridgehead atoms. The largest absolute Gasteiger partial charge is 0.395 e. The highest BCUT2D eigenvalue weighted by molar-refractivity contribution is 5.35. The molecule has 0 unspecified atom stereocenters. The van der Waals surface area contributed by atoms with Gasteiger partial charge in [0.2, 0.25) is 0 Å². The SMILES string of the molecule is CCCCCCCOCc1ccc(C#CCCO)cc1. The van der Waals surface area contributed by atoms with Gasteiger partial charge in [0.25, 0.3) is 0 Å². The van der Waals surface area contributed by atoms with Gasteiger partial charge in [0.15, 0.2) is 0 Å². The van der Waals surface area contributed by atoms with Gasteiger partial charge in [0.1, 0.15) is 0 Å². The van der Waals surface area contributed by atoms with E-state index in [1.807, 2.05) is 12.1 Å². The fourth-order valence-electron chi connectivity index (χ4n) is 1.90. The van der Waals surface area contributed by atoms with Crippen LogP contribution in [0.25, 0.3) is 0 Å². The van der Waals surface area contributed by atoms with E-state index in [1.54, 1.807) is 0 Å². The molecule has 0 aliphatic rings. The summed E-state index contributed by atoms with van der Waals surface area (Å²) in [4.78, 5) is 0. The van der Waals surface area contributed by atoms with Gasteiger partial charge in [-0.25, -0.2) is 0 Å². The smallest absolute Gasteiger partial charge is 0.0716 e. The fraction of sp³-hybridized carbons (Fsp3) is 0.556. The molecule has 1 N–H and O–H groups in total. The third kappa shape index (κ3) is 7.99. The second kappa shape index (κ2) is 11.5. The lowest BCUT2D eigenvalue weighted by Gasteiger charge is -2.04. The van der Waals surface area contributed by atoms with Crippen molar-refractivity contribution >= 4 is 0 Å². The first-order chi connectivity index (χ1) is 9.86. The Labute approximate surface area is 123 Å². The first kappa shape index (κ1) is 16.8. The summed E-state index contributed by atoms with van der Waals surface area (Å²) >= 11 is 0. The number of hydrogen-bond donors (Lipinski definition) is 1. The zero-order chi connectivity index (χ0) is 14.5. The average Bonchev–Trinajstić information content (AvgIpc) is 2.48. The molecule has 0 fully saturated rings. The monoisotopic (exact) mass is 274 g/mol. The lowest BCUT2D eigenvalue weighted by molar-refractivity contribution is 0.116. The molecule has 2 heteroatoms. The van der Waals surface area contributed by atoms with E-state index in [-0.39, 0.29) is 6.61 Å². The Morgan fingerprint density at radius 1 is 1.05 bits per heavy atom. The van der Waals surface area contributed by atoms with Crippen LogP contribution in [0.4, 0.5) is 0 Å². The number of benzene rings is 1. The van der Waals surface area contributed by atoms with Crippen LogP contribution in [-0.2, 0) is 11.3 Å². The van der Waals surface area contributed by atoms with Gasteiger partial charge >= 0.3 is 0 Å². The maximum atomic E-state index is 8.66. The minimum atomic E-state index is 0.122. The fourth-order valence-corrected chi connectivity index (χ4v) is 1.90. The number of unbranched alkanes of at least 4 members (excludes halogenated alkanes) is 4. The number of hydrogen-bond acceptors (Lipinski definition) is 2. The van der Waals surface area contributed by atoms with Gasteiger partial charge in [-0.15, -0.1) is 0 Å². The van der Waals surface area contributed by atoms with Gasteiger partial charge in [-0.05, 0) is 24.1 Å². The third-order valence-electron chi connectivity index (χ3n) is 3.08. The molecular weight excluding hydrogens is 248 g/mol. The Balaban J connectivity index is 2.17. The summed E-state index contributed by atoms with van der Waals surface area (Å²) in [6.07, 6.45) is 6.90. The van der Waals surface area contributed by atoms with E-state index in [1.165, 1.54) is 31.2 Å². The van der Waals surface area contributed by atoms with E-state index in [0.29, 0.717) is 13.0 Å². The van der Waals surface area contributed by atoms with Crippen molar-refractivity contribution in [3.8, 4) is 11.8 Å². The molecule has 0 amide bonds. The van der Waals surface area contributed by atoms with Gasteiger partial charge in [-0.2, -0.15) is 0 Å². The Kier molecular flexibility index (Phi) is 9.65. The molecule has 1 aromatic rings. The lowest BCUT2D eigenvalue weighted by Crippen LogP contribution is -1.95. The minimum Gasteiger partial charge on any atom is -0.395 e. The first-order valence-electron chi connectivity index (χ1n) is 7.63. The van der Waals surface area contributed by atoms with Crippen LogP contribution in [0.5, 0.6) is 0 Å². The predicted molar refractivity (Wildman–Crippen MR) is 83.4 cm³/mol. The summed E-state index contributed by atoms with van der Waals surface area (Å²) in [5.41, 5.74) is 2.17. The highest BCUT2D eigenvalue weighted by atomic mass is 16.5. The van der Waals surface area contributed by atoms with Crippen LogP contribution >= 0.6 is 0 Å². The van der Waals surface area contributed by atoms with Crippen molar-refractivity contribution in [2.45, 2.75) is 52.1 Å². The summed E-state index contributed by atoms with van der Waals surface area (Å²) < 4.78 is 5.67. The third-order valence-corrected chi connectivity index (χ3v) is 3.08. The van der Waals surface area contributed by atoms with E-state index in [0.717, 1.165) is 18.6 Å². The Bertz CT molecular complexity index is 398. The quantitative estimate of drug-likeness (QED) is 0.546. The summed E-state index contributed by atoms with van der Waals surface area (Å²) in [7, 11) is 0. The van der Waals surface area contributed by atoms with Crippen molar-refractivity contribution in [1.29, 1.82) is 0 Å². The number of ether oxygens (including phenoxy) is 1. The number of rotatable bonds is 9. The standard InChI is InChI=1S/C18H26O2/c1-2-3-4-5-8-15-20-16-18-12-10-17(11-13-18)9-6-7-14-19/h10-13,19H,2-5,7-8,14-16H2,1H3. The number of aliphatic hydroxyl groups is 1. The maximum Gasteiger partial charge on any atom is 0.0716 e. The van der Waals surface area contributed by atoms with Gasteiger partial charge in [-0.1, -0.05) is 56.6 Å². The molecular formula is C18H26O2. The van der Waals surface area contributed by atoms with Crippen molar-refractivity contribution in [1.82, 2.24) is 0 Å². The van der Waals surface area contributed by atoms with Crippen LogP contribution in [-0.4, -0.2) is 18.3 Å². The van der Waals surface area contributed by atoms with E-state index >= 15 is 0 Å². The van der Waals surface area contributed by atoms with E-state index < -0.39 is 0 Å². The van der Waals surface area contributed by atoms with Crippen LogP contribution in [0, 0.1) is 11.8 Å². The van der Waals surface area contributed by atoms with Crippen LogP contribution in [0.1, 0.15) is 56.6 Å². The average molecular weight is 274 g/mol. The molecule has 0 radical (unpaired) electrons. The van der Waals surface area contributed by atoms with E-state index in [2.05, 4.69) is 30.9 Å². The molecule has 20 heavy (non-hydrogen) atoms. The Morgan fingerprint density at radius 2 is 1.80 bits per heavy atom. The molecule has 110 valence electrons. The maximum absolute atomic E-state index is 8.66. The van der Waals surface area contributed by atoms with Crippen LogP contribution in [0.15, 0.2) is 24.3 Å². The highest BCUT2D eigenvalue weighted by Crippen LogP contribution is 2.07. The summed E-state index contributed by atoms with van der Waals surface area (Å²) in [6, 6.07) is 8.12. The zero-order valence-electron chi connectivity index (χ0n) is 12.5. The molecule has 0 spiro atoms. The van der Waals surface area contributed by atoms with Gasteiger partial charge in [-0.3, -0.25) is 0 Å². The Morgan fingerprint density at radius 3 is 2.50 bits per heavy atom. The molecule has 1 aromatic carbocycles. The summed E-state index contributed by atoms with van der Waals surface area (Å²) in [5.74, 6) is 5.93. The zero-order valence-corrected chi connectivity index (χ0v) is 12.5. The first-order valence-corrected chi connectivity index (χ1v) is 7.63. The number of aliphatic hydroxyl groups excluding tert-OH is 1. The summed E-state index contributed by atoms with van der Waals surface area (Å²) in [5, 5.41) is 8.66. The van der Waals surface area contributed by atoms with Crippen molar-refractivity contribution in [2.75, 3.05) is 13.2 Å². The van der Waals surface area contributed by atoms with Crippen LogP contribution in [0.3, 0.4) is 0 Å². The van der Waals surface area contributed by atoms with Crippen LogP contribution in [0.2, 0.25) is 0 Å². The summed E-state index contributed by atoms with van der Waals surface area (Å²) in [6.45, 7) is 3.88. The second-order valence-electron chi connectivity index (χ2n) is 4.94. The molecule has 0 aromatic heterocycles. The van der Waals surface area contributed by atoms with Gasteiger partial charge in [0, 0.05) is 18.6 Å². The molecule has 1 rings (SSSR count). The molecule has 0 heterocycles. The van der Waals surface area contributed by atoms with E-state index in [9.17, 15) is 0 Å². The van der Waals surface area contributed by atoms with Crippen molar-refractivity contribution in [2.24, 2.45) is 0 Å². The minimum absolute atomic E-state index is 0.122. The topological polar surface area (TPSA) is 29.5 Å².